The predicted molar refractivity (Wildman–Crippen MR) is 50.2 cm³/mol. The van der Waals surface area contributed by atoms with Crippen molar-refractivity contribution in [2.75, 3.05) is 0 Å². The molecule has 0 spiro atoms. The second-order valence-corrected chi connectivity index (χ2v) is 3.97. The minimum Gasteiger partial charge on any atom is -0.393 e. The Morgan fingerprint density at radius 2 is 2.08 bits per heavy atom. The molecule has 0 aromatic rings. The van der Waals surface area contributed by atoms with E-state index in [9.17, 15) is 10.2 Å². The lowest BCUT2D eigenvalue weighted by Gasteiger charge is -2.42. The summed E-state index contributed by atoms with van der Waals surface area (Å²) in [6.45, 7) is 5.81. The van der Waals surface area contributed by atoms with Crippen LogP contribution in [-0.2, 0) is 4.74 Å². The molecule has 1 fully saturated rings. The summed E-state index contributed by atoms with van der Waals surface area (Å²) in [5.41, 5.74) is 0. The van der Waals surface area contributed by atoms with Crippen LogP contribution in [0.4, 0.5) is 0 Å². The fraction of sp³-hybridized carbons (Fsp3) is 1.00. The highest BCUT2D eigenvalue weighted by molar-refractivity contribution is 4.85. The Morgan fingerprint density at radius 1 is 1.46 bits per heavy atom. The van der Waals surface area contributed by atoms with E-state index in [0.717, 1.165) is 6.42 Å². The Labute approximate surface area is 79.7 Å². The molecule has 13 heavy (non-hydrogen) atoms. The maximum atomic E-state index is 9.85. The van der Waals surface area contributed by atoms with Crippen LogP contribution in [0, 0.1) is 5.92 Å². The van der Waals surface area contributed by atoms with Crippen molar-refractivity contribution in [1.82, 2.24) is 0 Å². The van der Waals surface area contributed by atoms with E-state index in [2.05, 4.69) is 0 Å². The van der Waals surface area contributed by atoms with Crippen molar-refractivity contribution in [2.24, 2.45) is 5.92 Å². The van der Waals surface area contributed by atoms with Crippen LogP contribution in [0.1, 0.15) is 40.0 Å². The normalized spacial score (nSPS) is 46.4. The van der Waals surface area contributed by atoms with E-state index in [4.69, 9.17) is 4.74 Å². The Balaban J connectivity index is 2.66. The highest BCUT2D eigenvalue weighted by Gasteiger charge is 2.41. The minimum atomic E-state index is -1.11. The van der Waals surface area contributed by atoms with Crippen LogP contribution in [0.15, 0.2) is 0 Å². The van der Waals surface area contributed by atoms with Gasteiger partial charge < -0.3 is 14.9 Å². The number of aliphatic hydroxyl groups excluding tert-OH is 1. The van der Waals surface area contributed by atoms with Gasteiger partial charge in [-0.3, -0.25) is 0 Å². The van der Waals surface area contributed by atoms with Crippen molar-refractivity contribution in [3.05, 3.63) is 0 Å². The zero-order valence-electron chi connectivity index (χ0n) is 8.66. The standard InChI is InChI=1S/C10H20O3/c1-4-8-7(3)13-10(12,5-2)6-9(8)11/h7-9,11-12H,4-6H2,1-3H3/t7-,8-,9-,10+/m1/s1. The van der Waals surface area contributed by atoms with Crippen molar-refractivity contribution in [1.29, 1.82) is 0 Å². The molecule has 0 aromatic carbocycles. The molecule has 4 atom stereocenters. The van der Waals surface area contributed by atoms with Crippen LogP contribution >= 0.6 is 0 Å². The van der Waals surface area contributed by atoms with E-state index < -0.39 is 11.9 Å². The molecule has 3 nitrogen and oxygen atoms in total. The number of rotatable bonds is 2. The van der Waals surface area contributed by atoms with Crippen LogP contribution in [0.3, 0.4) is 0 Å². The maximum absolute atomic E-state index is 9.85. The van der Waals surface area contributed by atoms with Crippen molar-refractivity contribution >= 4 is 0 Å². The van der Waals surface area contributed by atoms with Crippen LogP contribution in [-0.4, -0.2) is 28.2 Å². The summed E-state index contributed by atoms with van der Waals surface area (Å²) >= 11 is 0. The van der Waals surface area contributed by atoms with Gasteiger partial charge in [0.05, 0.1) is 12.2 Å². The molecule has 0 saturated carbocycles. The van der Waals surface area contributed by atoms with E-state index in [-0.39, 0.29) is 12.0 Å². The first-order chi connectivity index (χ1) is 6.02. The molecule has 1 aliphatic heterocycles. The highest BCUT2D eigenvalue weighted by Crippen LogP contribution is 2.34. The summed E-state index contributed by atoms with van der Waals surface area (Å²) < 4.78 is 5.49. The lowest BCUT2D eigenvalue weighted by atomic mass is 9.85. The fourth-order valence-electron chi connectivity index (χ4n) is 2.10. The minimum absolute atomic E-state index is 0.0568. The SMILES string of the molecule is CC[C@H]1[C@H](O)C[C@](O)(CC)O[C@@H]1C. The zero-order valence-corrected chi connectivity index (χ0v) is 8.66. The van der Waals surface area contributed by atoms with Gasteiger partial charge >= 0.3 is 0 Å². The molecule has 0 aromatic heterocycles. The summed E-state index contributed by atoms with van der Waals surface area (Å²) in [7, 11) is 0. The third-order valence-electron chi connectivity index (χ3n) is 3.05. The third-order valence-corrected chi connectivity index (χ3v) is 3.05. The second kappa shape index (κ2) is 3.95. The van der Waals surface area contributed by atoms with Crippen LogP contribution < -0.4 is 0 Å². The zero-order chi connectivity index (χ0) is 10.1. The molecule has 1 aliphatic rings. The second-order valence-electron chi connectivity index (χ2n) is 3.97. The molecule has 78 valence electrons. The van der Waals surface area contributed by atoms with E-state index in [1.165, 1.54) is 0 Å². The van der Waals surface area contributed by atoms with Gasteiger partial charge in [-0.2, -0.15) is 0 Å². The summed E-state index contributed by atoms with van der Waals surface area (Å²) in [5.74, 6) is -0.948. The lowest BCUT2D eigenvalue weighted by molar-refractivity contribution is -0.286. The topological polar surface area (TPSA) is 49.7 Å². The largest absolute Gasteiger partial charge is 0.393 e. The van der Waals surface area contributed by atoms with Crippen molar-refractivity contribution in [3.8, 4) is 0 Å². The highest BCUT2D eigenvalue weighted by atomic mass is 16.6. The lowest BCUT2D eigenvalue weighted by Crippen LogP contribution is -2.50. The third kappa shape index (κ3) is 2.22. The van der Waals surface area contributed by atoms with Crippen molar-refractivity contribution < 1.29 is 14.9 Å². The van der Waals surface area contributed by atoms with E-state index in [0.29, 0.717) is 12.8 Å². The van der Waals surface area contributed by atoms with Crippen LogP contribution in [0.2, 0.25) is 0 Å². The summed E-state index contributed by atoms with van der Waals surface area (Å²) in [6.07, 6.45) is 1.27. The molecule has 0 unspecified atom stereocenters. The number of hydrogen-bond acceptors (Lipinski definition) is 3. The molecule has 0 amide bonds. The average molecular weight is 188 g/mol. The van der Waals surface area contributed by atoms with Crippen molar-refractivity contribution in [2.45, 2.75) is 58.0 Å². The van der Waals surface area contributed by atoms with Crippen LogP contribution in [0.25, 0.3) is 0 Å². The van der Waals surface area contributed by atoms with Gasteiger partial charge in [0, 0.05) is 12.3 Å². The molecule has 0 aliphatic carbocycles. The maximum Gasteiger partial charge on any atom is 0.168 e. The molecule has 0 bridgehead atoms. The molecular formula is C10H20O3. The number of aliphatic hydroxyl groups is 2. The molecule has 0 radical (unpaired) electrons. The van der Waals surface area contributed by atoms with Gasteiger partial charge in [0.15, 0.2) is 5.79 Å². The number of hydrogen-bond donors (Lipinski definition) is 2. The first-order valence-corrected chi connectivity index (χ1v) is 5.10. The molecule has 3 heteroatoms. The molecule has 1 rings (SSSR count). The van der Waals surface area contributed by atoms with Gasteiger partial charge in [-0.05, 0) is 19.8 Å². The van der Waals surface area contributed by atoms with E-state index in [1.807, 2.05) is 20.8 Å². The first kappa shape index (κ1) is 11.0. The van der Waals surface area contributed by atoms with Gasteiger partial charge in [-0.1, -0.05) is 13.8 Å². The number of ether oxygens (including phenoxy) is 1. The smallest absolute Gasteiger partial charge is 0.168 e. The predicted octanol–water partition coefficient (Wildman–Crippen LogP) is 1.28. The Bertz CT molecular complexity index is 158. The quantitative estimate of drug-likeness (QED) is 0.686. The van der Waals surface area contributed by atoms with Gasteiger partial charge in [-0.25, -0.2) is 0 Å². The van der Waals surface area contributed by atoms with Gasteiger partial charge in [0.25, 0.3) is 0 Å². The monoisotopic (exact) mass is 188 g/mol. The summed E-state index contributed by atoms with van der Waals surface area (Å²) in [4.78, 5) is 0. The first-order valence-electron chi connectivity index (χ1n) is 5.10. The van der Waals surface area contributed by atoms with Crippen molar-refractivity contribution in [3.63, 3.8) is 0 Å². The average Bonchev–Trinajstić information content (AvgIpc) is 2.03. The fourth-order valence-corrected chi connectivity index (χ4v) is 2.10. The van der Waals surface area contributed by atoms with E-state index >= 15 is 0 Å². The molecule has 1 heterocycles. The molecular weight excluding hydrogens is 168 g/mol. The van der Waals surface area contributed by atoms with Crippen LogP contribution in [0.5, 0.6) is 0 Å². The summed E-state index contributed by atoms with van der Waals surface area (Å²) in [5, 5.41) is 19.6. The van der Waals surface area contributed by atoms with Gasteiger partial charge in [-0.15, -0.1) is 0 Å². The van der Waals surface area contributed by atoms with Gasteiger partial charge in [0.2, 0.25) is 0 Å². The Kier molecular flexibility index (Phi) is 3.33. The summed E-state index contributed by atoms with van der Waals surface area (Å²) in [6, 6.07) is 0. The molecule has 2 N–H and O–H groups in total. The Hall–Kier alpha value is -0.120. The van der Waals surface area contributed by atoms with E-state index in [1.54, 1.807) is 0 Å². The van der Waals surface area contributed by atoms with Gasteiger partial charge in [0.1, 0.15) is 0 Å². The Morgan fingerprint density at radius 3 is 2.46 bits per heavy atom. The molecule has 1 saturated heterocycles.